The van der Waals surface area contributed by atoms with Gasteiger partial charge in [-0.15, -0.1) is 0 Å². The summed E-state index contributed by atoms with van der Waals surface area (Å²) in [7, 11) is 3.78. The number of hydrogen-bond donors (Lipinski definition) is 3. The average Bonchev–Trinajstić information content (AvgIpc) is 3.54. The number of imidazole rings is 2. The van der Waals surface area contributed by atoms with Gasteiger partial charge in [0, 0.05) is 88.3 Å². The number of nitrogens with one attached hydrogen (secondary N) is 2. The Balaban J connectivity index is 1.08. The van der Waals surface area contributed by atoms with Crippen LogP contribution in [-0.2, 0) is 40.0 Å². The second kappa shape index (κ2) is 13.1. The summed E-state index contributed by atoms with van der Waals surface area (Å²) in [5.74, 6) is 0.128. The van der Waals surface area contributed by atoms with Crippen LogP contribution in [0.25, 0.3) is 11.1 Å². The van der Waals surface area contributed by atoms with Crippen LogP contribution < -0.4 is 10.6 Å². The Morgan fingerprint density at radius 2 is 1.48 bits per heavy atom. The van der Waals surface area contributed by atoms with E-state index in [1.807, 2.05) is 60.5 Å². The van der Waals surface area contributed by atoms with Crippen molar-refractivity contribution in [3.05, 3.63) is 81.4 Å². The number of carbonyl (C=O) groups excluding carboxylic acids is 2. The minimum Gasteiger partial charge on any atom is -0.392 e. The topological polar surface area (TPSA) is 121 Å². The fourth-order valence-corrected chi connectivity index (χ4v) is 7.66. The molecule has 2 amide bonds. The van der Waals surface area contributed by atoms with E-state index in [0.29, 0.717) is 47.2 Å². The molecule has 1 atom stereocenters. The van der Waals surface area contributed by atoms with Gasteiger partial charge in [0.15, 0.2) is 11.6 Å². The molecule has 1 saturated carbocycles. The van der Waals surface area contributed by atoms with E-state index in [1.54, 1.807) is 13.0 Å². The number of aliphatic hydroxyl groups is 1. The Morgan fingerprint density at radius 1 is 0.896 bits per heavy atom. The van der Waals surface area contributed by atoms with Gasteiger partial charge >= 0.3 is 0 Å². The molecular formula is C36H43ClN8O3. The standard InChI is InChI=1S/C36H43ClN8O3/c1-21(46)18-44-16-14-30-28(19-44)38-33(42(30)3)35(47)40-26-12-6-10-24(22(26)2)25-11-7-13-27(32(25)37)41-36(48)34-39-29-20-45(23-8-5-9-23)17-15-31(29)43(34)4/h6-7,10-13,21,23,46H,5,8-9,14-20H2,1-4H3,(H,40,47)(H,41,48)/t21-/m0/s1. The molecule has 0 unspecified atom stereocenters. The Labute approximate surface area is 285 Å². The van der Waals surface area contributed by atoms with Gasteiger partial charge in [0.25, 0.3) is 11.8 Å². The highest BCUT2D eigenvalue weighted by molar-refractivity contribution is 6.36. The maximum atomic E-state index is 13.5. The molecule has 0 spiro atoms. The first-order chi connectivity index (χ1) is 23.1. The van der Waals surface area contributed by atoms with Crippen molar-refractivity contribution in [3.8, 4) is 11.1 Å². The number of nitrogens with zero attached hydrogens (tertiary/aromatic N) is 6. The van der Waals surface area contributed by atoms with Crippen molar-refractivity contribution in [3.63, 3.8) is 0 Å². The lowest BCUT2D eigenvalue weighted by molar-refractivity contribution is 0.100. The van der Waals surface area contributed by atoms with Crippen LogP contribution in [0.5, 0.6) is 0 Å². The lowest BCUT2D eigenvalue weighted by atomic mass is 9.90. The van der Waals surface area contributed by atoms with E-state index in [1.165, 1.54) is 19.3 Å². The van der Waals surface area contributed by atoms with Crippen molar-refractivity contribution in [1.82, 2.24) is 28.9 Å². The highest BCUT2D eigenvalue weighted by atomic mass is 35.5. The molecule has 2 aliphatic heterocycles. The molecule has 48 heavy (non-hydrogen) atoms. The van der Waals surface area contributed by atoms with E-state index in [0.717, 1.165) is 71.9 Å². The highest BCUT2D eigenvalue weighted by Gasteiger charge is 2.32. The SMILES string of the molecule is Cc1c(NC(=O)c2nc3c(n2C)CCN(C[C@H](C)O)C3)cccc1-c1cccc(NC(=O)c2nc3c(n2C)CCN(C2CCC2)C3)c1Cl. The van der Waals surface area contributed by atoms with E-state index < -0.39 is 6.10 Å². The maximum Gasteiger partial charge on any atom is 0.291 e. The van der Waals surface area contributed by atoms with E-state index in [4.69, 9.17) is 21.6 Å². The summed E-state index contributed by atoms with van der Waals surface area (Å²) >= 11 is 6.97. The molecule has 2 aromatic heterocycles. The summed E-state index contributed by atoms with van der Waals surface area (Å²) in [5, 5.41) is 16.3. The molecule has 4 heterocycles. The lowest BCUT2D eigenvalue weighted by Gasteiger charge is -2.39. The Bertz CT molecular complexity index is 1890. The van der Waals surface area contributed by atoms with Gasteiger partial charge < -0.3 is 24.9 Å². The summed E-state index contributed by atoms with van der Waals surface area (Å²) in [6, 6.07) is 11.9. The van der Waals surface area contributed by atoms with E-state index >= 15 is 0 Å². The van der Waals surface area contributed by atoms with E-state index in [2.05, 4.69) is 20.4 Å². The van der Waals surface area contributed by atoms with Crippen LogP contribution in [0.15, 0.2) is 36.4 Å². The van der Waals surface area contributed by atoms with E-state index in [9.17, 15) is 14.7 Å². The number of aromatic nitrogens is 4. The summed E-state index contributed by atoms with van der Waals surface area (Å²) in [5.41, 5.74) is 7.57. The van der Waals surface area contributed by atoms with Crippen molar-refractivity contribution < 1.29 is 14.7 Å². The Hall–Kier alpha value is -4.03. The molecule has 1 fully saturated rings. The summed E-state index contributed by atoms with van der Waals surface area (Å²) < 4.78 is 3.79. The quantitative estimate of drug-likeness (QED) is 0.243. The van der Waals surface area contributed by atoms with Crippen molar-refractivity contribution in [2.45, 2.75) is 71.2 Å². The number of β-amino-alcohol motifs (C(OH)–C–C–N with tert-alkyl or cyclic N) is 1. The largest absolute Gasteiger partial charge is 0.392 e. The fourth-order valence-electron chi connectivity index (χ4n) is 7.39. The number of carbonyl (C=O) groups is 2. The number of halogens is 1. The fraction of sp³-hybridized carbons (Fsp3) is 0.444. The van der Waals surface area contributed by atoms with Gasteiger partial charge in [0.1, 0.15) is 0 Å². The Morgan fingerprint density at radius 3 is 2.10 bits per heavy atom. The number of aliphatic hydroxyl groups excluding tert-OH is 1. The number of anilines is 2. The van der Waals surface area contributed by atoms with Crippen LogP contribution in [-0.4, -0.2) is 77.6 Å². The van der Waals surface area contributed by atoms with Crippen LogP contribution in [0.1, 0.15) is 75.8 Å². The third-order valence-electron chi connectivity index (χ3n) is 10.3. The second-order valence-electron chi connectivity index (χ2n) is 13.5. The van der Waals surface area contributed by atoms with Crippen molar-refractivity contribution in [2.75, 3.05) is 30.3 Å². The molecule has 0 radical (unpaired) electrons. The molecule has 0 bridgehead atoms. The van der Waals surface area contributed by atoms with Crippen molar-refractivity contribution in [1.29, 1.82) is 0 Å². The second-order valence-corrected chi connectivity index (χ2v) is 13.8. The molecule has 3 aliphatic rings. The molecule has 7 rings (SSSR count). The predicted octanol–water partition coefficient (Wildman–Crippen LogP) is 4.94. The maximum absolute atomic E-state index is 13.5. The average molecular weight is 671 g/mol. The number of rotatable bonds is 8. The minimum absolute atomic E-state index is 0.296. The van der Waals surface area contributed by atoms with Crippen LogP contribution in [0.2, 0.25) is 5.02 Å². The van der Waals surface area contributed by atoms with Gasteiger partial charge in [-0.25, -0.2) is 9.97 Å². The van der Waals surface area contributed by atoms with Gasteiger partial charge in [-0.1, -0.05) is 42.3 Å². The first-order valence-electron chi connectivity index (χ1n) is 16.8. The van der Waals surface area contributed by atoms with Gasteiger partial charge in [-0.2, -0.15) is 0 Å². The molecule has 252 valence electrons. The zero-order valence-electron chi connectivity index (χ0n) is 28.0. The zero-order chi connectivity index (χ0) is 33.7. The zero-order valence-corrected chi connectivity index (χ0v) is 28.8. The third-order valence-corrected chi connectivity index (χ3v) is 10.7. The van der Waals surface area contributed by atoms with Crippen LogP contribution in [0.3, 0.4) is 0 Å². The van der Waals surface area contributed by atoms with Crippen LogP contribution in [0.4, 0.5) is 11.4 Å². The van der Waals surface area contributed by atoms with Crippen molar-refractivity contribution >= 4 is 34.8 Å². The normalized spacial score (nSPS) is 17.4. The third kappa shape index (κ3) is 6.04. The summed E-state index contributed by atoms with van der Waals surface area (Å²) in [6.45, 7) is 7.48. The predicted molar refractivity (Wildman–Crippen MR) is 186 cm³/mol. The molecule has 4 aromatic rings. The molecule has 3 N–H and O–H groups in total. The molecule has 0 saturated heterocycles. The van der Waals surface area contributed by atoms with Gasteiger partial charge in [0.2, 0.25) is 0 Å². The van der Waals surface area contributed by atoms with Crippen LogP contribution >= 0.6 is 11.6 Å². The summed E-state index contributed by atoms with van der Waals surface area (Å²) in [6.07, 6.45) is 5.01. The first-order valence-corrected chi connectivity index (χ1v) is 17.2. The van der Waals surface area contributed by atoms with E-state index in [-0.39, 0.29) is 11.8 Å². The Kier molecular flexibility index (Phi) is 8.88. The molecule has 2 aromatic carbocycles. The minimum atomic E-state index is -0.423. The van der Waals surface area contributed by atoms with Gasteiger partial charge in [-0.3, -0.25) is 19.4 Å². The molecular weight excluding hydrogens is 628 g/mol. The number of hydrogen-bond acceptors (Lipinski definition) is 7. The molecule has 11 nitrogen and oxygen atoms in total. The number of amides is 2. The van der Waals surface area contributed by atoms with Crippen molar-refractivity contribution in [2.24, 2.45) is 14.1 Å². The lowest BCUT2D eigenvalue weighted by Crippen LogP contribution is -2.43. The molecule has 1 aliphatic carbocycles. The van der Waals surface area contributed by atoms with Crippen LogP contribution in [0, 0.1) is 6.92 Å². The number of fused-ring (bicyclic) bond motifs is 2. The highest BCUT2D eigenvalue weighted by Crippen LogP contribution is 2.38. The van der Waals surface area contributed by atoms with Gasteiger partial charge in [0.05, 0.1) is 28.2 Å². The first kappa shape index (κ1) is 32.5. The molecule has 12 heteroatoms. The smallest absolute Gasteiger partial charge is 0.291 e. The number of benzene rings is 2. The summed E-state index contributed by atoms with van der Waals surface area (Å²) in [4.78, 5) is 41.2. The van der Waals surface area contributed by atoms with Gasteiger partial charge in [-0.05, 0) is 49.9 Å². The monoisotopic (exact) mass is 670 g/mol.